The van der Waals surface area contributed by atoms with Crippen LogP contribution in [0.3, 0.4) is 0 Å². The molecule has 3 nitrogen and oxygen atoms in total. The third-order valence-electron chi connectivity index (χ3n) is 2.31. The van der Waals surface area contributed by atoms with Crippen molar-refractivity contribution in [2.45, 2.75) is 19.6 Å². The number of benzene rings is 1. The number of nitrogens with one attached hydrogen (secondary N) is 1. The van der Waals surface area contributed by atoms with Crippen LogP contribution in [-0.2, 0) is 16.1 Å². The maximum Gasteiger partial charge on any atom is 0.0718 e. The molecule has 0 radical (unpaired) electrons. The summed E-state index contributed by atoms with van der Waals surface area (Å²) in [7, 11) is 1.70. The van der Waals surface area contributed by atoms with Gasteiger partial charge in [-0.05, 0) is 24.6 Å². The molecule has 1 N–H and O–H groups in total. The third kappa shape index (κ3) is 6.64. The molecule has 0 heterocycles. The molecule has 1 aromatic rings. The summed E-state index contributed by atoms with van der Waals surface area (Å²) in [5.41, 5.74) is 1.10. The lowest BCUT2D eigenvalue weighted by Gasteiger charge is -2.12. The van der Waals surface area contributed by atoms with E-state index in [-0.39, 0.29) is 0 Å². The minimum absolute atomic E-state index is 0.356. The number of methoxy groups -OCH3 is 1. The smallest absolute Gasteiger partial charge is 0.0718 e. The van der Waals surface area contributed by atoms with Crippen molar-refractivity contribution in [1.82, 2.24) is 5.32 Å². The molecule has 0 aliphatic carbocycles. The van der Waals surface area contributed by atoms with E-state index < -0.39 is 0 Å². The molecular weight excluding hydrogens is 238 g/mol. The fourth-order valence-corrected chi connectivity index (χ4v) is 1.72. The standard InChI is InChI=1S/C13H20ClNO2/c1-11(9-16-2)15-6-7-17-10-12-4-3-5-13(14)8-12/h3-5,8,11,15H,6-7,9-10H2,1-2H3. The van der Waals surface area contributed by atoms with E-state index in [1.165, 1.54) is 0 Å². The molecule has 0 saturated heterocycles. The number of halogens is 1. The van der Waals surface area contributed by atoms with Crippen LogP contribution in [0.15, 0.2) is 24.3 Å². The average molecular weight is 258 g/mol. The first-order valence-corrected chi connectivity index (χ1v) is 6.14. The van der Waals surface area contributed by atoms with Crippen LogP contribution >= 0.6 is 11.6 Å². The molecular formula is C13H20ClNO2. The van der Waals surface area contributed by atoms with E-state index in [1.807, 2.05) is 24.3 Å². The highest BCUT2D eigenvalue weighted by atomic mass is 35.5. The molecule has 0 aliphatic rings. The van der Waals surface area contributed by atoms with Gasteiger partial charge in [0, 0.05) is 24.7 Å². The van der Waals surface area contributed by atoms with Gasteiger partial charge in [0.25, 0.3) is 0 Å². The van der Waals surface area contributed by atoms with Gasteiger partial charge in [-0.1, -0.05) is 23.7 Å². The Hall–Kier alpha value is -0.610. The molecule has 1 unspecified atom stereocenters. The molecule has 0 bridgehead atoms. The van der Waals surface area contributed by atoms with Gasteiger partial charge in [-0.2, -0.15) is 0 Å². The molecule has 0 saturated carbocycles. The summed E-state index contributed by atoms with van der Waals surface area (Å²) in [5, 5.41) is 4.05. The Balaban J connectivity index is 2.08. The zero-order chi connectivity index (χ0) is 12.5. The second-order valence-electron chi connectivity index (χ2n) is 3.99. The van der Waals surface area contributed by atoms with Crippen LogP contribution in [0.1, 0.15) is 12.5 Å². The van der Waals surface area contributed by atoms with Gasteiger partial charge < -0.3 is 14.8 Å². The summed E-state index contributed by atoms with van der Waals surface area (Å²) >= 11 is 5.88. The van der Waals surface area contributed by atoms with Crippen molar-refractivity contribution < 1.29 is 9.47 Å². The number of rotatable bonds is 8. The van der Waals surface area contributed by atoms with Crippen LogP contribution in [0.5, 0.6) is 0 Å². The number of hydrogen-bond acceptors (Lipinski definition) is 3. The van der Waals surface area contributed by atoms with Crippen molar-refractivity contribution in [3.8, 4) is 0 Å². The summed E-state index contributed by atoms with van der Waals surface area (Å²) < 4.78 is 10.6. The topological polar surface area (TPSA) is 30.5 Å². The molecule has 1 aromatic carbocycles. The van der Waals surface area contributed by atoms with Gasteiger partial charge in [-0.3, -0.25) is 0 Å². The van der Waals surface area contributed by atoms with Crippen molar-refractivity contribution in [3.05, 3.63) is 34.9 Å². The van der Waals surface area contributed by atoms with Gasteiger partial charge >= 0.3 is 0 Å². The van der Waals surface area contributed by atoms with Crippen molar-refractivity contribution in [2.75, 3.05) is 26.9 Å². The summed E-state index contributed by atoms with van der Waals surface area (Å²) in [5.74, 6) is 0. The van der Waals surface area contributed by atoms with E-state index in [0.717, 1.165) is 17.1 Å². The SMILES string of the molecule is COCC(C)NCCOCc1cccc(Cl)c1. The number of ether oxygens (including phenoxy) is 2. The second-order valence-corrected chi connectivity index (χ2v) is 4.43. The zero-order valence-corrected chi connectivity index (χ0v) is 11.2. The Morgan fingerprint density at radius 3 is 2.94 bits per heavy atom. The van der Waals surface area contributed by atoms with E-state index in [1.54, 1.807) is 7.11 Å². The minimum Gasteiger partial charge on any atom is -0.383 e. The lowest BCUT2D eigenvalue weighted by atomic mass is 10.2. The fourth-order valence-electron chi connectivity index (χ4n) is 1.50. The molecule has 0 aromatic heterocycles. The van der Waals surface area contributed by atoms with E-state index in [9.17, 15) is 0 Å². The van der Waals surface area contributed by atoms with Gasteiger partial charge in [-0.25, -0.2) is 0 Å². The Morgan fingerprint density at radius 1 is 1.41 bits per heavy atom. The summed E-state index contributed by atoms with van der Waals surface area (Å²) in [4.78, 5) is 0. The maximum absolute atomic E-state index is 5.88. The molecule has 0 fully saturated rings. The molecule has 0 spiro atoms. The van der Waals surface area contributed by atoms with Crippen LogP contribution in [0, 0.1) is 0 Å². The monoisotopic (exact) mass is 257 g/mol. The minimum atomic E-state index is 0.356. The van der Waals surface area contributed by atoms with Crippen molar-refractivity contribution >= 4 is 11.6 Å². The Kier molecular flexibility index (Phi) is 7.21. The molecule has 0 amide bonds. The largest absolute Gasteiger partial charge is 0.383 e. The summed E-state index contributed by atoms with van der Waals surface area (Å²) in [6, 6.07) is 8.07. The van der Waals surface area contributed by atoms with Gasteiger partial charge in [0.05, 0.1) is 19.8 Å². The van der Waals surface area contributed by atoms with Gasteiger partial charge in [0.15, 0.2) is 0 Å². The predicted molar refractivity (Wildman–Crippen MR) is 70.4 cm³/mol. The van der Waals surface area contributed by atoms with Crippen LogP contribution in [-0.4, -0.2) is 32.9 Å². The van der Waals surface area contributed by atoms with E-state index in [2.05, 4.69) is 12.2 Å². The third-order valence-corrected chi connectivity index (χ3v) is 2.55. The number of hydrogen-bond donors (Lipinski definition) is 1. The van der Waals surface area contributed by atoms with Gasteiger partial charge in [-0.15, -0.1) is 0 Å². The summed E-state index contributed by atoms with van der Waals surface area (Å²) in [6.45, 7) is 4.90. The van der Waals surface area contributed by atoms with Crippen molar-refractivity contribution in [2.24, 2.45) is 0 Å². The average Bonchev–Trinajstić information content (AvgIpc) is 2.29. The lowest BCUT2D eigenvalue weighted by molar-refractivity contribution is 0.114. The first-order chi connectivity index (χ1) is 8.22. The first-order valence-electron chi connectivity index (χ1n) is 5.77. The van der Waals surface area contributed by atoms with Crippen molar-refractivity contribution in [3.63, 3.8) is 0 Å². The molecule has 96 valence electrons. The first kappa shape index (κ1) is 14.5. The van der Waals surface area contributed by atoms with Gasteiger partial charge in [0.1, 0.15) is 0 Å². The molecule has 4 heteroatoms. The zero-order valence-electron chi connectivity index (χ0n) is 10.4. The maximum atomic E-state index is 5.88. The van der Waals surface area contributed by atoms with Crippen LogP contribution in [0.25, 0.3) is 0 Å². The Labute approximate surface area is 108 Å². The highest BCUT2D eigenvalue weighted by Crippen LogP contribution is 2.11. The van der Waals surface area contributed by atoms with Gasteiger partial charge in [0.2, 0.25) is 0 Å². The van der Waals surface area contributed by atoms with E-state index in [4.69, 9.17) is 21.1 Å². The van der Waals surface area contributed by atoms with E-state index in [0.29, 0.717) is 25.9 Å². The quantitative estimate of drug-likeness (QED) is 0.726. The lowest BCUT2D eigenvalue weighted by Crippen LogP contribution is -2.32. The van der Waals surface area contributed by atoms with Crippen LogP contribution in [0.4, 0.5) is 0 Å². The normalized spacial score (nSPS) is 12.6. The molecule has 17 heavy (non-hydrogen) atoms. The molecule has 0 aliphatic heterocycles. The summed E-state index contributed by atoms with van der Waals surface area (Å²) in [6.07, 6.45) is 0. The van der Waals surface area contributed by atoms with Crippen molar-refractivity contribution in [1.29, 1.82) is 0 Å². The molecule has 1 rings (SSSR count). The highest BCUT2D eigenvalue weighted by molar-refractivity contribution is 6.30. The Bertz CT molecular complexity index is 320. The van der Waals surface area contributed by atoms with Crippen LogP contribution in [0.2, 0.25) is 5.02 Å². The Morgan fingerprint density at radius 2 is 2.24 bits per heavy atom. The molecule has 1 atom stereocenters. The van der Waals surface area contributed by atoms with E-state index >= 15 is 0 Å². The fraction of sp³-hybridized carbons (Fsp3) is 0.538. The highest BCUT2D eigenvalue weighted by Gasteiger charge is 1.99. The second kappa shape index (κ2) is 8.48. The predicted octanol–water partition coefficient (Wildman–Crippen LogP) is 2.48. The van der Waals surface area contributed by atoms with Crippen LogP contribution < -0.4 is 5.32 Å².